The van der Waals surface area contributed by atoms with E-state index in [-0.39, 0.29) is 5.82 Å². The lowest BCUT2D eigenvalue weighted by Gasteiger charge is -2.33. The van der Waals surface area contributed by atoms with E-state index in [9.17, 15) is 4.39 Å². The van der Waals surface area contributed by atoms with Gasteiger partial charge in [-0.15, -0.1) is 0 Å². The predicted octanol–water partition coefficient (Wildman–Crippen LogP) is 1.13. The predicted molar refractivity (Wildman–Crippen MR) is 77.3 cm³/mol. The lowest BCUT2D eigenvalue weighted by molar-refractivity contribution is -0.914. The minimum absolute atomic E-state index is 0.124. The van der Waals surface area contributed by atoms with Crippen molar-refractivity contribution in [1.29, 1.82) is 0 Å². The Morgan fingerprint density at radius 3 is 2.50 bits per heavy atom. The fraction of sp³-hybridized carbons (Fsp3) is 0.312. The molecule has 1 N–H and O–H groups in total. The van der Waals surface area contributed by atoms with E-state index in [2.05, 4.69) is 16.0 Å². The second kappa shape index (κ2) is 6.01. The molecular formula is C16H19FN3+. The number of rotatable bonds is 3. The number of nitrogens with zero attached hydrogens (tertiary/aromatic N) is 2. The monoisotopic (exact) mass is 272 g/mol. The molecule has 0 saturated carbocycles. The van der Waals surface area contributed by atoms with E-state index < -0.39 is 0 Å². The summed E-state index contributed by atoms with van der Waals surface area (Å²) in [4.78, 5) is 8.02. The van der Waals surface area contributed by atoms with Crippen molar-refractivity contribution in [2.24, 2.45) is 0 Å². The lowest BCUT2D eigenvalue weighted by Crippen LogP contribution is -3.13. The molecule has 0 radical (unpaired) electrons. The molecule has 1 aromatic heterocycles. The van der Waals surface area contributed by atoms with E-state index in [1.807, 2.05) is 30.5 Å². The Morgan fingerprint density at radius 1 is 1.05 bits per heavy atom. The van der Waals surface area contributed by atoms with E-state index >= 15 is 0 Å². The van der Waals surface area contributed by atoms with Crippen LogP contribution in [0.15, 0.2) is 48.7 Å². The minimum atomic E-state index is -0.124. The summed E-state index contributed by atoms with van der Waals surface area (Å²) < 4.78 is 13.8. The summed E-state index contributed by atoms with van der Waals surface area (Å²) in [5.41, 5.74) is 1.85. The molecule has 20 heavy (non-hydrogen) atoms. The summed E-state index contributed by atoms with van der Waals surface area (Å²) in [5, 5.41) is 0. The average Bonchev–Trinajstić information content (AvgIpc) is 2.50. The molecule has 1 saturated heterocycles. The third-order valence-electron chi connectivity index (χ3n) is 3.82. The molecule has 0 atom stereocenters. The summed E-state index contributed by atoms with van der Waals surface area (Å²) >= 11 is 0. The van der Waals surface area contributed by atoms with E-state index in [4.69, 9.17) is 0 Å². The Bertz CT molecular complexity index is 551. The smallest absolute Gasteiger partial charge is 0.146 e. The van der Waals surface area contributed by atoms with Crippen molar-refractivity contribution in [1.82, 2.24) is 4.98 Å². The van der Waals surface area contributed by atoms with Crippen molar-refractivity contribution in [2.45, 2.75) is 6.54 Å². The molecule has 2 heterocycles. The summed E-state index contributed by atoms with van der Waals surface area (Å²) in [6, 6.07) is 13.1. The minimum Gasteiger partial charge on any atom is -0.358 e. The fourth-order valence-corrected chi connectivity index (χ4v) is 2.71. The lowest BCUT2D eigenvalue weighted by atomic mass is 10.2. The fourth-order valence-electron chi connectivity index (χ4n) is 2.71. The Balaban J connectivity index is 1.59. The quantitative estimate of drug-likeness (QED) is 0.904. The Labute approximate surface area is 118 Å². The molecular weight excluding hydrogens is 253 g/mol. The van der Waals surface area contributed by atoms with E-state index in [1.54, 1.807) is 6.07 Å². The van der Waals surface area contributed by atoms with Crippen LogP contribution in [0.3, 0.4) is 0 Å². The van der Waals surface area contributed by atoms with Crippen molar-refractivity contribution >= 4 is 5.69 Å². The second-order valence-electron chi connectivity index (χ2n) is 5.19. The van der Waals surface area contributed by atoms with Crippen molar-refractivity contribution in [3.63, 3.8) is 0 Å². The molecule has 1 fully saturated rings. The van der Waals surface area contributed by atoms with Crippen molar-refractivity contribution in [3.8, 4) is 0 Å². The van der Waals surface area contributed by atoms with Crippen molar-refractivity contribution in [3.05, 3.63) is 60.2 Å². The molecule has 0 unspecified atom stereocenters. The van der Waals surface area contributed by atoms with Gasteiger partial charge < -0.3 is 9.80 Å². The highest BCUT2D eigenvalue weighted by molar-refractivity contribution is 5.47. The number of piperazine rings is 1. The maximum atomic E-state index is 13.8. The normalized spacial score (nSPS) is 16.4. The molecule has 0 amide bonds. The molecule has 1 aliphatic heterocycles. The molecule has 2 aromatic rings. The van der Waals surface area contributed by atoms with Crippen LogP contribution in [0.25, 0.3) is 0 Å². The molecule has 104 valence electrons. The zero-order chi connectivity index (χ0) is 13.8. The van der Waals surface area contributed by atoms with Crippen molar-refractivity contribution < 1.29 is 9.29 Å². The van der Waals surface area contributed by atoms with Crippen molar-refractivity contribution in [2.75, 3.05) is 31.1 Å². The van der Waals surface area contributed by atoms with Gasteiger partial charge in [0, 0.05) is 6.20 Å². The number of para-hydroxylation sites is 1. The Morgan fingerprint density at radius 2 is 1.80 bits per heavy atom. The maximum Gasteiger partial charge on any atom is 0.146 e. The van der Waals surface area contributed by atoms with E-state index in [0.717, 1.165) is 44.1 Å². The number of anilines is 1. The number of aromatic nitrogens is 1. The van der Waals surface area contributed by atoms with Crippen LogP contribution < -0.4 is 9.80 Å². The molecule has 1 aromatic carbocycles. The van der Waals surface area contributed by atoms with Gasteiger partial charge in [0.1, 0.15) is 12.4 Å². The van der Waals surface area contributed by atoms with Gasteiger partial charge in [-0.3, -0.25) is 4.98 Å². The summed E-state index contributed by atoms with van der Waals surface area (Å²) in [5.74, 6) is -0.124. The molecule has 0 aliphatic carbocycles. The van der Waals surface area contributed by atoms with Gasteiger partial charge in [0.2, 0.25) is 0 Å². The van der Waals surface area contributed by atoms with Gasteiger partial charge in [-0.05, 0) is 24.3 Å². The molecule has 3 nitrogen and oxygen atoms in total. The molecule has 1 aliphatic rings. The highest BCUT2D eigenvalue weighted by Gasteiger charge is 2.22. The number of halogens is 1. The van der Waals surface area contributed by atoms with Crippen LogP contribution in [0.4, 0.5) is 10.1 Å². The SMILES string of the molecule is Fc1ccccc1N1CC[NH+](Cc2ccccn2)CC1. The number of nitrogens with one attached hydrogen (secondary N) is 1. The van der Waals surface area contributed by atoms with Gasteiger partial charge in [0.25, 0.3) is 0 Å². The number of quaternary nitrogens is 1. The zero-order valence-electron chi connectivity index (χ0n) is 11.4. The van der Waals surface area contributed by atoms with Gasteiger partial charge in [0.05, 0.1) is 37.6 Å². The topological polar surface area (TPSA) is 20.6 Å². The average molecular weight is 272 g/mol. The summed E-state index contributed by atoms with van der Waals surface area (Å²) in [6.07, 6.45) is 1.84. The van der Waals surface area contributed by atoms with E-state index in [1.165, 1.54) is 11.0 Å². The van der Waals surface area contributed by atoms with Crippen LogP contribution in [0, 0.1) is 5.82 Å². The van der Waals surface area contributed by atoms with Crippen LogP contribution >= 0.6 is 0 Å². The third kappa shape index (κ3) is 2.96. The Hall–Kier alpha value is -1.94. The largest absolute Gasteiger partial charge is 0.358 e. The van der Waals surface area contributed by atoms with Crippen LogP contribution in [0.2, 0.25) is 0 Å². The van der Waals surface area contributed by atoms with Gasteiger partial charge in [0.15, 0.2) is 0 Å². The summed E-state index contributed by atoms with van der Waals surface area (Å²) in [7, 11) is 0. The third-order valence-corrected chi connectivity index (χ3v) is 3.82. The number of pyridine rings is 1. The number of hydrogen-bond acceptors (Lipinski definition) is 2. The van der Waals surface area contributed by atoms with Gasteiger partial charge in [-0.2, -0.15) is 0 Å². The first-order valence-corrected chi connectivity index (χ1v) is 7.06. The molecule has 3 rings (SSSR count). The highest BCUT2D eigenvalue weighted by Crippen LogP contribution is 2.18. The highest BCUT2D eigenvalue weighted by atomic mass is 19.1. The van der Waals surface area contributed by atoms with Gasteiger partial charge in [-0.25, -0.2) is 4.39 Å². The standard InChI is InChI=1S/C16H18FN3/c17-15-6-1-2-7-16(15)20-11-9-19(10-12-20)13-14-5-3-4-8-18-14/h1-8H,9-13H2/p+1. The van der Waals surface area contributed by atoms with Crippen LogP contribution in [-0.4, -0.2) is 31.2 Å². The van der Waals surface area contributed by atoms with Gasteiger partial charge >= 0.3 is 0 Å². The van der Waals surface area contributed by atoms with Crippen LogP contribution in [0.5, 0.6) is 0 Å². The second-order valence-corrected chi connectivity index (χ2v) is 5.19. The summed E-state index contributed by atoms with van der Waals surface area (Å²) in [6.45, 7) is 4.77. The van der Waals surface area contributed by atoms with E-state index in [0.29, 0.717) is 0 Å². The first-order valence-electron chi connectivity index (χ1n) is 7.06. The molecule has 4 heteroatoms. The Kier molecular flexibility index (Phi) is 3.92. The zero-order valence-corrected chi connectivity index (χ0v) is 11.4. The van der Waals surface area contributed by atoms with Crippen LogP contribution in [0.1, 0.15) is 5.69 Å². The number of benzene rings is 1. The van der Waals surface area contributed by atoms with Gasteiger partial charge in [-0.1, -0.05) is 18.2 Å². The van der Waals surface area contributed by atoms with Crippen LogP contribution in [-0.2, 0) is 6.54 Å². The molecule has 0 bridgehead atoms. The maximum absolute atomic E-state index is 13.8. The first-order chi connectivity index (χ1) is 9.83. The number of hydrogen-bond donors (Lipinski definition) is 1. The molecule has 0 spiro atoms. The first kappa shape index (κ1) is 13.1.